The highest BCUT2D eigenvalue weighted by atomic mass is 16.5. The van der Waals surface area contributed by atoms with Gasteiger partial charge >= 0.3 is 13.1 Å². The summed E-state index contributed by atoms with van der Waals surface area (Å²) in [6.07, 6.45) is 1.86. The number of carboxylic acid groups (broad SMARTS) is 1. The topological polar surface area (TPSA) is 173 Å². The smallest absolute Gasteiger partial charge is 0.534 e. The summed E-state index contributed by atoms with van der Waals surface area (Å²) in [6, 6.07) is 8.16. The molecule has 0 bridgehead atoms. The van der Waals surface area contributed by atoms with E-state index >= 15 is 0 Å². The second kappa shape index (κ2) is 8.61. The van der Waals surface area contributed by atoms with Crippen LogP contribution in [0, 0.1) is 0 Å². The summed E-state index contributed by atoms with van der Waals surface area (Å²) in [7, 11) is -1.35. The zero-order valence-corrected chi connectivity index (χ0v) is 15.4. The number of carboxylic acids is 1. The Morgan fingerprint density at radius 3 is 2.76 bits per heavy atom. The van der Waals surface area contributed by atoms with Crippen LogP contribution in [-0.4, -0.2) is 46.0 Å². The minimum atomic E-state index is -1.35. The molecule has 1 amide bonds. The number of aromatic carboxylic acids is 1. The van der Waals surface area contributed by atoms with Gasteiger partial charge in [0.25, 0.3) is 0 Å². The molecule has 0 fully saturated rings. The lowest BCUT2D eigenvalue weighted by atomic mass is 9.72. The first-order valence-electron chi connectivity index (χ1n) is 8.82. The van der Waals surface area contributed by atoms with Crippen molar-refractivity contribution in [1.29, 1.82) is 0 Å². The van der Waals surface area contributed by atoms with E-state index in [2.05, 4.69) is 15.3 Å². The van der Waals surface area contributed by atoms with Crippen molar-refractivity contribution in [1.82, 2.24) is 10.3 Å². The molecule has 11 heteroatoms. The molecule has 29 heavy (non-hydrogen) atoms. The lowest BCUT2D eigenvalue weighted by Gasteiger charge is -2.28. The van der Waals surface area contributed by atoms with Gasteiger partial charge < -0.3 is 31.6 Å². The fraction of sp³-hybridized carbons (Fsp3) is 0.222. The van der Waals surface area contributed by atoms with Crippen molar-refractivity contribution in [3.05, 3.63) is 58.9 Å². The molecular weight excluding hydrogens is 377 g/mol. The van der Waals surface area contributed by atoms with Crippen LogP contribution in [0.15, 0.2) is 41.5 Å². The fourth-order valence-corrected chi connectivity index (χ4v) is 2.98. The highest BCUT2D eigenvalue weighted by Crippen LogP contribution is 2.30. The molecule has 2 aromatic rings. The van der Waals surface area contributed by atoms with Crippen LogP contribution in [0.5, 0.6) is 5.75 Å². The van der Waals surface area contributed by atoms with Crippen LogP contribution >= 0.6 is 0 Å². The molecule has 1 aromatic carbocycles. The van der Waals surface area contributed by atoms with Crippen molar-refractivity contribution in [2.75, 3.05) is 0 Å². The van der Waals surface area contributed by atoms with E-state index in [9.17, 15) is 19.7 Å². The SMILES string of the molecule is NC(N)=NCc1ccc(CC(=O)NC2Cc3cccc(C(=O)O)c3OB2O)cn1. The number of hydrogen-bond acceptors (Lipinski definition) is 6. The van der Waals surface area contributed by atoms with E-state index in [-0.39, 0.29) is 42.6 Å². The second-order valence-electron chi connectivity index (χ2n) is 6.56. The molecule has 1 atom stereocenters. The lowest BCUT2D eigenvalue weighted by Crippen LogP contribution is -2.53. The molecule has 0 saturated carbocycles. The summed E-state index contributed by atoms with van der Waals surface area (Å²) < 4.78 is 5.36. The number of nitrogens with one attached hydrogen (secondary N) is 1. The molecular formula is C18H20BN5O5. The Kier molecular flexibility index (Phi) is 5.98. The van der Waals surface area contributed by atoms with E-state index in [1.165, 1.54) is 6.07 Å². The molecule has 3 rings (SSSR count). The van der Waals surface area contributed by atoms with Gasteiger partial charge in [-0.1, -0.05) is 18.2 Å². The second-order valence-corrected chi connectivity index (χ2v) is 6.56. The van der Waals surface area contributed by atoms with Gasteiger partial charge in [0.1, 0.15) is 5.75 Å². The highest BCUT2D eigenvalue weighted by Gasteiger charge is 2.37. The van der Waals surface area contributed by atoms with Crippen molar-refractivity contribution in [3.8, 4) is 5.75 Å². The summed E-state index contributed by atoms with van der Waals surface area (Å²) in [5.74, 6) is -2.08. The highest BCUT2D eigenvalue weighted by molar-refractivity contribution is 6.47. The van der Waals surface area contributed by atoms with E-state index in [1.807, 2.05) is 0 Å². The quantitative estimate of drug-likeness (QED) is 0.240. The molecule has 7 N–H and O–H groups in total. The number of amides is 1. The molecule has 0 saturated heterocycles. The Balaban J connectivity index is 1.62. The van der Waals surface area contributed by atoms with E-state index in [4.69, 9.17) is 16.1 Å². The normalized spacial score (nSPS) is 15.1. The molecule has 0 aliphatic carbocycles. The minimum Gasteiger partial charge on any atom is -0.534 e. The van der Waals surface area contributed by atoms with Crippen LogP contribution in [0.25, 0.3) is 0 Å². The molecule has 150 valence electrons. The van der Waals surface area contributed by atoms with Gasteiger partial charge in [-0.25, -0.2) is 9.79 Å². The maximum absolute atomic E-state index is 12.4. The van der Waals surface area contributed by atoms with Crippen molar-refractivity contribution >= 4 is 25.0 Å². The van der Waals surface area contributed by atoms with Crippen LogP contribution in [0.2, 0.25) is 0 Å². The standard InChI is InChI=1S/C18H20BN5O5/c20-18(21)23-9-12-5-4-10(8-22-12)6-15(25)24-14-7-11-2-1-3-13(17(26)27)16(11)29-19(14)28/h1-5,8,14,28H,6-7,9H2,(H,24,25)(H,26,27)(H4,20,21,23). The van der Waals surface area contributed by atoms with E-state index in [0.29, 0.717) is 16.8 Å². The number of rotatable bonds is 6. The Morgan fingerprint density at radius 1 is 1.31 bits per heavy atom. The van der Waals surface area contributed by atoms with E-state index in [0.717, 1.165) is 0 Å². The van der Waals surface area contributed by atoms with Gasteiger partial charge in [0.2, 0.25) is 5.91 Å². The molecule has 1 unspecified atom stereocenters. The number of fused-ring (bicyclic) bond motifs is 1. The average molecular weight is 397 g/mol. The van der Waals surface area contributed by atoms with Crippen LogP contribution in [0.4, 0.5) is 0 Å². The van der Waals surface area contributed by atoms with Gasteiger partial charge in [-0.3, -0.25) is 9.78 Å². The first kappa shape index (κ1) is 20.1. The third-order valence-electron chi connectivity index (χ3n) is 4.37. The molecule has 0 spiro atoms. The predicted octanol–water partition coefficient (Wildman–Crippen LogP) is -0.765. The maximum Gasteiger partial charge on any atom is 0.547 e. The van der Waals surface area contributed by atoms with Gasteiger partial charge in [-0.2, -0.15) is 0 Å². The van der Waals surface area contributed by atoms with Crippen molar-refractivity contribution in [2.24, 2.45) is 16.5 Å². The number of pyridine rings is 1. The molecule has 1 aliphatic heterocycles. The van der Waals surface area contributed by atoms with Crippen LogP contribution in [-0.2, 0) is 24.2 Å². The number of aliphatic imine (C=N–C) groups is 1. The Hall–Kier alpha value is -3.60. The Bertz CT molecular complexity index is 946. The predicted molar refractivity (Wildman–Crippen MR) is 105 cm³/mol. The number of nitrogens with zero attached hydrogens (tertiary/aromatic N) is 2. The summed E-state index contributed by atoms with van der Waals surface area (Å²) in [6.45, 7) is 0.248. The average Bonchev–Trinajstić information content (AvgIpc) is 2.67. The van der Waals surface area contributed by atoms with Gasteiger partial charge in [0.15, 0.2) is 5.96 Å². The van der Waals surface area contributed by atoms with Crippen LogP contribution in [0.3, 0.4) is 0 Å². The van der Waals surface area contributed by atoms with Crippen LogP contribution in [0.1, 0.15) is 27.2 Å². The monoisotopic (exact) mass is 397 g/mol. The zero-order valence-electron chi connectivity index (χ0n) is 15.4. The van der Waals surface area contributed by atoms with E-state index in [1.54, 1.807) is 30.5 Å². The summed E-state index contributed by atoms with van der Waals surface area (Å²) >= 11 is 0. The Morgan fingerprint density at radius 2 is 2.10 bits per heavy atom. The largest absolute Gasteiger partial charge is 0.547 e. The molecule has 1 aliphatic rings. The molecule has 1 aromatic heterocycles. The number of nitrogens with two attached hydrogens (primary N) is 2. The van der Waals surface area contributed by atoms with Crippen molar-refractivity contribution in [3.63, 3.8) is 0 Å². The van der Waals surface area contributed by atoms with Gasteiger partial charge in [-0.05, 0) is 29.7 Å². The first-order valence-corrected chi connectivity index (χ1v) is 8.82. The number of aromatic nitrogens is 1. The van der Waals surface area contributed by atoms with Gasteiger partial charge in [0.05, 0.1) is 30.2 Å². The number of hydrogen-bond donors (Lipinski definition) is 5. The van der Waals surface area contributed by atoms with Crippen molar-refractivity contribution < 1.29 is 24.4 Å². The maximum atomic E-state index is 12.4. The van der Waals surface area contributed by atoms with E-state index < -0.39 is 19.0 Å². The van der Waals surface area contributed by atoms with Gasteiger partial charge in [0, 0.05) is 6.20 Å². The molecule has 10 nitrogen and oxygen atoms in total. The lowest BCUT2D eigenvalue weighted by molar-refractivity contribution is -0.120. The number of carbonyl (C=O) groups is 2. The number of para-hydroxylation sites is 1. The van der Waals surface area contributed by atoms with Crippen molar-refractivity contribution in [2.45, 2.75) is 25.3 Å². The summed E-state index contributed by atoms with van der Waals surface area (Å²) in [5, 5.41) is 22.1. The minimum absolute atomic E-state index is 0.0273. The number of benzene rings is 1. The third kappa shape index (κ3) is 5.02. The zero-order chi connectivity index (χ0) is 21.0. The number of carbonyl (C=O) groups excluding carboxylic acids is 1. The van der Waals surface area contributed by atoms with Crippen LogP contribution < -0.4 is 21.4 Å². The summed E-state index contributed by atoms with van der Waals surface area (Å²) in [4.78, 5) is 31.7. The Labute approximate surface area is 166 Å². The molecule has 2 heterocycles. The molecule has 0 radical (unpaired) electrons. The number of guanidine groups is 1. The first-order chi connectivity index (χ1) is 13.8. The van der Waals surface area contributed by atoms with Gasteiger partial charge in [-0.15, -0.1) is 0 Å². The fourth-order valence-electron chi connectivity index (χ4n) is 2.98. The third-order valence-corrected chi connectivity index (χ3v) is 4.37. The summed E-state index contributed by atoms with van der Waals surface area (Å²) in [5.41, 5.74) is 12.5.